The molecular formula is C10H15NO2. The topological polar surface area (TPSA) is 61.1 Å². The lowest BCUT2D eigenvalue weighted by atomic mass is 9.70. The van der Waals surface area contributed by atoms with Crippen LogP contribution in [0.5, 0.6) is 0 Å². The van der Waals surface area contributed by atoms with Crippen molar-refractivity contribution >= 4 is 5.78 Å². The number of hydrogen-bond donors (Lipinski definition) is 1. The average Bonchev–Trinajstić information content (AvgIpc) is 2.11. The van der Waals surface area contributed by atoms with Gasteiger partial charge in [0.1, 0.15) is 5.78 Å². The van der Waals surface area contributed by atoms with E-state index in [1.54, 1.807) is 6.92 Å². The van der Waals surface area contributed by atoms with Crippen LogP contribution in [0.1, 0.15) is 39.0 Å². The minimum absolute atomic E-state index is 0.113. The van der Waals surface area contributed by atoms with E-state index < -0.39 is 11.5 Å². The van der Waals surface area contributed by atoms with Gasteiger partial charge in [0.2, 0.25) is 0 Å². The number of carbonyl (C=O) groups excluding carboxylic acids is 1. The molecule has 2 unspecified atom stereocenters. The van der Waals surface area contributed by atoms with E-state index in [2.05, 4.69) is 0 Å². The summed E-state index contributed by atoms with van der Waals surface area (Å²) < 4.78 is 0. The van der Waals surface area contributed by atoms with E-state index in [0.29, 0.717) is 25.7 Å². The van der Waals surface area contributed by atoms with Crippen LogP contribution in [0.4, 0.5) is 0 Å². The number of rotatable bonds is 2. The minimum atomic E-state index is -0.659. The third-order valence-corrected chi connectivity index (χ3v) is 3.01. The van der Waals surface area contributed by atoms with E-state index in [0.717, 1.165) is 6.42 Å². The van der Waals surface area contributed by atoms with Gasteiger partial charge in [0, 0.05) is 12.8 Å². The van der Waals surface area contributed by atoms with Gasteiger partial charge in [-0.15, -0.1) is 0 Å². The second-order valence-corrected chi connectivity index (χ2v) is 3.91. The molecule has 0 aromatic rings. The van der Waals surface area contributed by atoms with Crippen molar-refractivity contribution in [3.05, 3.63) is 0 Å². The van der Waals surface area contributed by atoms with Crippen molar-refractivity contribution < 1.29 is 9.90 Å². The summed E-state index contributed by atoms with van der Waals surface area (Å²) in [4.78, 5) is 11.6. The number of carbonyl (C=O) groups is 1. The Morgan fingerprint density at radius 2 is 2.46 bits per heavy atom. The number of ketones is 1. The van der Waals surface area contributed by atoms with E-state index in [1.807, 2.05) is 6.07 Å². The maximum atomic E-state index is 11.6. The molecule has 1 aliphatic rings. The van der Waals surface area contributed by atoms with Gasteiger partial charge >= 0.3 is 0 Å². The Hall–Kier alpha value is -0.880. The van der Waals surface area contributed by atoms with Gasteiger partial charge in [0.25, 0.3) is 0 Å². The fourth-order valence-electron chi connectivity index (χ4n) is 1.87. The minimum Gasteiger partial charge on any atom is -0.392 e. The zero-order chi connectivity index (χ0) is 9.90. The Kier molecular flexibility index (Phi) is 3.05. The highest BCUT2D eigenvalue weighted by Gasteiger charge is 2.41. The third-order valence-electron chi connectivity index (χ3n) is 3.01. The maximum absolute atomic E-state index is 11.6. The average molecular weight is 181 g/mol. The largest absolute Gasteiger partial charge is 0.392 e. The lowest BCUT2D eigenvalue weighted by molar-refractivity contribution is -0.139. The van der Waals surface area contributed by atoms with Crippen LogP contribution in [-0.2, 0) is 4.79 Å². The number of hydrogen-bond acceptors (Lipinski definition) is 3. The van der Waals surface area contributed by atoms with Crippen molar-refractivity contribution in [2.75, 3.05) is 0 Å². The summed E-state index contributed by atoms with van der Waals surface area (Å²) in [5.74, 6) is 0.113. The van der Waals surface area contributed by atoms with Crippen LogP contribution >= 0.6 is 0 Å². The Bertz CT molecular complexity index is 244. The number of aliphatic hydroxyl groups is 1. The van der Waals surface area contributed by atoms with E-state index in [1.165, 1.54) is 0 Å². The molecule has 1 saturated carbocycles. The van der Waals surface area contributed by atoms with Crippen molar-refractivity contribution in [3.8, 4) is 6.07 Å². The van der Waals surface area contributed by atoms with Crippen molar-refractivity contribution in [1.29, 1.82) is 5.26 Å². The lowest BCUT2D eigenvalue weighted by Crippen LogP contribution is -2.43. The molecule has 0 amide bonds. The molecule has 0 aromatic carbocycles. The highest BCUT2D eigenvalue weighted by atomic mass is 16.3. The highest BCUT2D eigenvalue weighted by molar-refractivity contribution is 5.85. The van der Waals surface area contributed by atoms with Gasteiger partial charge in [-0.25, -0.2) is 0 Å². The predicted octanol–water partition coefficient (Wildman–Crippen LogP) is 1.41. The standard InChI is InChI=1S/C10H15NO2/c1-10(6-3-7-11)8(12)4-2-5-9(10)13/h8,12H,2-6H2,1H3. The summed E-state index contributed by atoms with van der Waals surface area (Å²) in [5, 5.41) is 18.1. The number of nitriles is 1. The number of aliphatic hydroxyl groups excluding tert-OH is 1. The zero-order valence-corrected chi connectivity index (χ0v) is 7.92. The Balaban J connectivity index is 2.70. The van der Waals surface area contributed by atoms with Crippen molar-refractivity contribution in [3.63, 3.8) is 0 Å². The van der Waals surface area contributed by atoms with Gasteiger partial charge < -0.3 is 5.11 Å². The number of nitrogens with zero attached hydrogens (tertiary/aromatic N) is 1. The molecule has 0 aromatic heterocycles. The van der Waals surface area contributed by atoms with Gasteiger partial charge in [-0.3, -0.25) is 4.79 Å². The van der Waals surface area contributed by atoms with Crippen LogP contribution in [0.2, 0.25) is 0 Å². The zero-order valence-electron chi connectivity index (χ0n) is 7.92. The molecule has 2 atom stereocenters. The van der Waals surface area contributed by atoms with E-state index in [9.17, 15) is 9.90 Å². The number of Topliss-reactive ketones (excluding diaryl/α,β-unsaturated/α-hetero) is 1. The molecule has 1 N–H and O–H groups in total. The van der Waals surface area contributed by atoms with Crippen molar-refractivity contribution in [2.24, 2.45) is 5.41 Å². The van der Waals surface area contributed by atoms with Gasteiger partial charge in [0.05, 0.1) is 17.6 Å². The van der Waals surface area contributed by atoms with Gasteiger partial charge in [-0.2, -0.15) is 5.26 Å². The van der Waals surface area contributed by atoms with Crippen LogP contribution in [0.15, 0.2) is 0 Å². The van der Waals surface area contributed by atoms with Crippen LogP contribution in [0, 0.1) is 16.7 Å². The molecule has 72 valence electrons. The Labute approximate surface area is 78.4 Å². The summed E-state index contributed by atoms with van der Waals surface area (Å²) in [6, 6.07) is 2.02. The van der Waals surface area contributed by atoms with Gasteiger partial charge in [-0.05, 0) is 19.3 Å². The quantitative estimate of drug-likeness (QED) is 0.700. The Morgan fingerprint density at radius 3 is 3.00 bits per heavy atom. The van der Waals surface area contributed by atoms with Crippen molar-refractivity contribution in [2.45, 2.75) is 45.1 Å². The normalized spacial score (nSPS) is 34.2. The van der Waals surface area contributed by atoms with E-state index in [-0.39, 0.29) is 5.78 Å². The highest BCUT2D eigenvalue weighted by Crippen LogP contribution is 2.36. The SMILES string of the molecule is CC1(CCC#N)C(=O)CCCC1O. The molecule has 0 spiro atoms. The molecule has 0 aliphatic heterocycles. The van der Waals surface area contributed by atoms with Gasteiger partial charge in [0.15, 0.2) is 0 Å². The fraction of sp³-hybridized carbons (Fsp3) is 0.800. The third kappa shape index (κ3) is 1.89. The molecule has 1 fully saturated rings. The lowest BCUT2D eigenvalue weighted by Gasteiger charge is -2.36. The summed E-state index contributed by atoms with van der Waals surface area (Å²) in [7, 11) is 0. The summed E-state index contributed by atoms with van der Waals surface area (Å²) in [5.41, 5.74) is -0.659. The molecule has 1 aliphatic carbocycles. The molecule has 3 heteroatoms. The fourth-order valence-corrected chi connectivity index (χ4v) is 1.87. The molecule has 1 rings (SSSR count). The van der Waals surface area contributed by atoms with Crippen LogP contribution in [0.3, 0.4) is 0 Å². The molecule has 0 saturated heterocycles. The van der Waals surface area contributed by atoms with E-state index in [4.69, 9.17) is 5.26 Å². The molecule has 13 heavy (non-hydrogen) atoms. The predicted molar refractivity (Wildman–Crippen MR) is 47.8 cm³/mol. The second-order valence-electron chi connectivity index (χ2n) is 3.91. The molecule has 0 bridgehead atoms. The Morgan fingerprint density at radius 1 is 1.77 bits per heavy atom. The summed E-state index contributed by atoms with van der Waals surface area (Å²) in [6.45, 7) is 1.77. The first-order valence-corrected chi connectivity index (χ1v) is 4.69. The van der Waals surface area contributed by atoms with Crippen LogP contribution in [-0.4, -0.2) is 17.0 Å². The van der Waals surface area contributed by atoms with E-state index >= 15 is 0 Å². The second kappa shape index (κ2) is 3.89. The first kappa shape index (κ1) is 10.2. The smallest absolute Gasteiger partial charge is 0.141 e. The van der Waals surface area contributed by atoms with Gasteiger partial charge in [-0.1, -0.05) is 6.92 Å². The van der Waals surface area contributed by atoms with Crippen molar-refractivity contribution in [1.82, 2.24) is 0 Å². The van der Waals surface area contributed by atoms with Crippen LogP contribution in [0.25, 0.3) is 0 Å². The summed E-state index contributed by atoms with van der Waals surface area (Å²) >= 11 is 0. The molecule has 0 heterocycles. The molecular weight excluding hydrogens is 166 g/mol. The molecule has 0 radical (unpaired) electrons. The monoisotopic (exact) mass is 181 g/mol. The maximum Gasteiger partial charge on any atom is 0.141 e. The first-order valence-electron chi connectivity index (χ1n) is 4.69. The first-order chi connectivity index (χ1) is 6.11. The van der Waals surface area contributed by atoms with Crippen LogP contribution < -0.4 is 0 Å². The summed E-state index contributed by atoms with van der Waals surface area (Å²) in [6.07, 6.45) is 2.31. The molecule has 3 nitrogen and oxygen atoms in total.